The molecular weight excluding hydrogens is 1630 g/mol. The average molecular weight is 1800 g/mol. The Morgan fingerprint density at radius 1 is 0.315 bits per heavy atom. The van der Waals surface area contributed by atoms with Gasteiger partial charge in [0.25, 0.3) is 0 Å². The molecule has 716 valence electrons. The van der Waals surface area contributed by atoms with E-state index >= 15 is 0 Å². The molecule has 6 N–H and O–H groups in total. The van der Waals surface area contributed by atoms with E-state index in [1.165, 1.54) is 77.2 Å². The third kappa shape index (κ3) is 66.9. The lowest BCUT2D eigenvalue weighted by molar-refractivity contribution is -0.140. The molecule has 0 spiro atoms. The molecule has 26 heteroatoms. The number of aliphatic imine (C=N–C) groups is 3. The fourth-order valence-electron chi connectivity index (χ4n) is 11.7. The van der Waals surface area contributed by atoms with Crippen LogP contribution in [-0.2, 0) is 71.9 Å². The smallest absolute Gasteiger partial charge is 0.242 e. The highest BCUT2D eigenvalue weighted by molar-refractivity contribution is 8.01. The lowest BCUT2D eigenvalue weighted by Crippen LogP contribution is -2.37. The van der Waals surface area contributed by atoms with Gasteiger partial charge in [-0.1, -0.05) is 218 Å². The monoisotopic (exact) mass is 1800 g/mol. The summed E-state index contributed by atoms with van der Waals surface area (Å²) in [7, 11) is 0. The van der Waals surface area contributed by atoms with Crippen LogP contribution in [0.15, 0.2) is 15.0 Å². The fraction of sp³-hybridized carbons (Fsp3) is 0.816. The van der Waals surface area contributed by atoms with Crippen LogP contribution in [0.2, 0.25) is 0 Å². The molecule has 2 aliphatic heterocycles. The van der Waals surface area contributed by atoms with Gasteiger partial charge in [-0.3, -0.25) is 96.7 Å². The van der Waals surface area contributed by atoms with Crippen molar-refractivity contribution in [1.82, 2.24) is 9.80 Å². The molecule has 0 aliphatic carbocycles. The van der Waals surface area contributed by atoms with Gasteiger partial charge in [-0.2, -0.15) is 11.8 Å². The molecule has 2 heterocycles. The van der Waals surface area contributed by atoms with Gasteiger partial charge < -0.3 is 17.2 Å². The second-order valence-electron chi connectivity index (χ2n) is 36.9. The summed E-state index contributed by atoms with van der Waals surface area (Å²) in [6, 6.07) is -1.65. The number of hydrogen-bond acceptors (Lipinski definition) is 24. The maximum atomic E-state index is 12.4. The first-order valence-corrected chi connectivity index (χ1v) is 50.4. The molecule has 2 rings (SSSR count). The number of amides is 4. The van der Waals surface area contributed by atoms with E-state index in [-0.39, 0.29) is 143 Å². The Hall–Kier alpha value is -5.41. The van der Waals surface area contributed by atoms with Gasteiger partial charge in [-0.25, -0.2) is 0 Å². The van der Waals surface area contributed by atoms with Gasteiger partial charge in [0.1, 0.15) is 46.3 Å². The lowest BCUT2D eigenvalue weighted by atomic mass is 10.0. The zero-order chi connectivity index (χ0) is 95.6. The maximum Gasteiger partial charge on any atom is 0.242 e. The molecule has 0 aromatic carbocycles. The van der Waals surface area contributed by atoms with Crippen molar-refractivity contribution < 1.29 is 71.9 Å². The highest BCUT2D eigenvalue weighted by atomic mass is 32.2. The summed E-state index contributed by atoms with van der Waals surface area (Å²) >= 11 is 4.02. The summed E-state index contributed by atoms with van der Waals surface area (Å²) in [6.45, 7) is 49.4. The predicted octanol–water partition coefficient (Wildman–Crippen LogP) is 18.6. The highest BCUT2D eigenvalue weighted by Crippen LogP contribution is 2.29. The van der Waals surface area contributed by atoms with E-state index in [4.69, 9.17) is 17.2 Å². The minimum atomic E-state index is -0.615. The van der Waals surface area contributed by atoms with E-state index in [2.05, 4.69) is 35.0 Å². The number of nitrogens with two attached hydrogens (primary N) is 3. The second-order valence-corrected chi connectivity index (χ2v) is 40.4. The number of carbonyl (C=O) groups is 15. The maximum absolute atomic E-state index is 12.4. The lowest BCUT2D eigenvalue weighted by Gasteiger charge is -2.16. The van der Waals surface area contributed by atoms with E-state index in [0.29, 0.717) is 103 Å². The molecule has 0 radical (unpaired) electrons. The molecule has 2 fully saturated rings. The van der Waals surface area contributed by atoms with Crippen LogP contribution in [0.5, 0.6) is 0 Å². The number of unbranched alkanes of at least 4 members (excludes halogenated alkanes) is 14. The van der Waals surface area contributed by atoms with Crippen LogP contribution in [-0.4, -0.2) is 200 Å². The van der Waals surface area contributed by atoms with Gasteiger partial charge in [0, 0.05) is 173 Å². The van der Waals surface area contributed by atoms with Crippen molar-refractivity contribution in [1.29, 1.82) is 0 Å². The number of nitrogens with zero attached hydrogens (tertiary/aromatic N) is 5. The highest BCUT2D eigenvalue weighted by Gasteiger charge is 2.40. The minimum absolute atomic E-state index is 0.0259. The molecule has 2 aliphatic rings. The van der Waals surface area contributed by atoms with Crippen LogP contribution in [0, 0.1) is 71.0 Å². The summed E-state index contributed by atoms with van der Waals surface area (Å²) in [5.41, 5.74) is 17.4. The third-order valence-corrected chi connectivity index (χ3v) is 24.5. The van der Waals surface area contributed by atoms with Crippen LogP contribution >= 0.6 is 35.3 Å². The Balaban J connectivity index is -0.000000706. The van der Waals surface area contributed by atoms with Gasteiger partial charge in [0.2, 0.25) is 23.6 Å². The Kier molecular flexibility index (Phi) is 77.0. The van der Waals surface area contributed by atoms with Crippen molar-refractivity contribution in [2.45, 2.75) is 387 Å². The molecule has 23 nitrogen and oxygen atoms in total. The zero-order valence-electron chi connectivity index (χ0n) is 81.9. The normalized spacial score (nSPS) is 14.9. The molecular formula is C98H176N8O15S3. The number of thioether (sulfide) groups is 3. The van der Waals surface area contributed by atoms with Gasteiger partial charge in [-0.15, -0.1) is 23.5 Å². The van der Waals surface area contributed by atoms with Crippen LogP contribution in [0.25, 0.3) is 0 Å². The Morgan fingerprint density at radius 2 is 0.589 bits per heavy atom. The van der Waals surface area contributed by atoms with Crippen molar-refractivity contribution in [3.63, 3.8) is 0 Å². The molecule has 5 atom stereocenters. The molecule has 0 aromatic heterocycles. The fourth-order valence-corrected chi connectivity index (χ4v) is 15.1. The number of likely N-dealkylation sites (tertiary alicyclic amines) is 2. The molecule has 4 amide bonds. The van der Waals surface area contributed by atoms with Gasteiger partial charge >= 0.3 is 0 Å². The topological polar surface area (TPSA) is 378 Å². The van der Waals surface area contributed by atoms with Gasteiger partial charge in [0.05, 0.1) is 34.4 Å². The van der Waals surface area contributed by atoms with Crippen LogP contribution in [0.1, 0.15) is 359 Å². The van der Waals surface area contributed by atoms with E-state index in [9.17, 15) is 71.9 Å². The Morgan fingerprint density at radius 3 is 0.935 bits per heavy atom. The molecule has 2 saturated heterocycles. The second kappa shape index (κ2) is 76.5. The first kappa shape index (κ1) is 125. The summed E-state index contributed by atoms with van der Waals surface area (Å²) < 4.78 is 0. The largest absolute Gasteiger partial charge is 0.321 e. The van der Waals surface area contributed by atoms with E-state index in [1.807, 2.05) is 137 Å². The SMILES string of the molecule is CC(C)C(=O)CCC=NCCCCCCCC(=O)C(C)C.CC(C)C(=O)CCCCCCC=NCCCCCCC(=O)C(C)C.CC(C)C(=O)CCCCCN1C(=O)CC(SCC(N)C(=O)C(C)C)C1=O.CC(C)C(=O)CCCN1C(=O)CC(SCC(N)C(=O)C(C)C)C1=O.CC(C)C(=O)CSCC(N)C(=O)C(C)C.CC(C)CN=CCCCC(=O)C(C)C. The number of imide groups is 2. The molecule has 124 heavy (non-hydrogen) atoms. The van der Waals surface area contributed by atoms with Crippen LogP contribution in [0.3, 0.4) is 0 Å². The predicted molar refractivity (Wildman–Crippen MR) is 519 cm³/mol. The van der Waals surface area contributed by atoms with Crippen molar-refractivity contribution in [2.75, 3.05) is 55.7 Å². The molecule has 0 saturated carbocycles. The van der Waals surface area contributed by atoms with E-state index in [1.54, 1.807) is 27.7 Å². The number of Topliss-reactive ketones (excluding diaryl/α,β-unsaturated/α-hetero) is 11. The number of hydrogen-bond donors (Lipinski definition) is 3. The number of rotatable bonds is 65. The Labute approximate surface area is 764 Å². The number of ketones is 11. The van der Waals surface area contributed by atoms with E-state index in [0.717, 1.165) is 129 Å². The molecule has 5 unspecified atom stereocenters. The first-order valence-electron chi connectivity index (χ1n) is 47.1. The summed E-state index contributed by atoms with van der Waals surface area (Å²) in [6.07, 6.45) is 31.9. The summed E-state index contributed by atoms with van der Waals surface area (Å²) in [5, 5.41) is -0.902. The van der Waals surface area contributed by atoms with Crippen molar-refractivity contribution in [3.05, 3.63) is 0 Å². The number of carbonyl (C=O) groups excluding carboxylic acids is 15. The standard InChI is InChI=1S/C21H39NO2.C19H32N2O4S.C18H33NO2.C17H28N2O4S.C12H23NO.C11H21NO2S/c1-18(2)20(23)14-10-6-5-8-12-16-22-17-13-9-7-11-15-21(24)19(3)4;1-12(2)15(22)8-6-5-7-9-21-17(23)10-16(19(21)25)26-11-14(20)18(24)13(3)4;1-15(2)17(20)11-8-6-5-7-9-13-19-14-10-12-18(21)16(3)4;1-10(2)13(20)6-5-7-19-15(21)8-14(17(19)23)24-9-12(18)16(22)11(3)4;1-10(2)9-13-8-6-5-7-12(14)11(3)4;1-7(2)10(13)6-15-5-9(12)11(14)8(3)4/h16,18-19H,5-15,17H2,1-4H3;12-14,16H,5-11,20H2,1-4H3;14-16H,5-13H2,1-4H3;10-12,14H,5-9,18H2,1-4H3;8,10-11H,5-7,9H2,1-4H3;7-9H,5-6,12H2,1-4H3. The van der Waals surface area contributed by atoms with Crippen LogP contribution < -0.4 is 17.2 Å². The van der Waals surface area contributed by atoms with Crippen molar-refractivity contribution >= 4 is 141 Å². The molecule has 0 bridgehead atoms. The summed E-state index contributed by atoms with van der Waals surface area (Å²) in [4.78, 5) is 191. The van der Waals surface area contributed by atoms with Crippen molar-refractivity contribution in [2.24, 2.45) is 103 Å². The Bertz CT molecular complexity index is 3130. The first-order chi connectivity index (χ1) is 58.1. The van der Waals surface area contributed by atoms with Gasteiger partial charge in [0.15, 0.2) is 17.3 Å². The van der Waals surface area contributed by atoms with Crippen molar-refractivity contribution in [3.8, 4) is 0 Å². The van der Waals surface area contributed by atoms with Crippen LogP contribution in [0.4, 0.5) is 0 Å². The zero-order valence-corrected chi connectivity index (χ0v) is 84.4. The van der Waals surface area contributed by atoms with Gasteiger partial charge in [-0.05, 0) is 108 Å². The third-order valence-electron chi connectivity index (χ3n) is 20.8. The molecule has 0 aromatic rings. The quantitative estimate of drug-likeness (QED) is 0.0289. The average Bonchev–Trinajstić information content (AvgIpc) is 1.70. The minimum Gasteiger partial charge on any atom is -0.321 e. The summed E-state index contributed by atoms with van der Waals surface area (Å²) in [5.74, 6) is 4.66. The van der Waals surface area contributed by atoms with E-state index < -0.39 is 28.6 Å².